The number of alkyl halides is 3. The zero-order valence-electron chi connectivity index (χ0n) is 10.9. The Kier molecular flexibility index (Phi) is 4.10. The third kappa shape index (κ3) is 3.03. The zero-order chi connectivity index (χ0) is 16.7. The molecule has 0 aliphatic carbocycles. The molecule has 1 heterocycles. The van der Waals surface area contributed by atoms with Gasteiger partial charge in [0, 0.05) is 0 Å². The number of nitrogen functional groups attached to an aromatic ring is 1. The van der Waals surface area contributed by atoms with E-state index in [4.69, 9.17) is 17.3 Å². The maximum Gasteiger partial charge on any atom is 0.419 e. The lowest BCUT2D eigenvalue weighted by Crippen LogP contribution is -2.11. The van der Waals surface area contributed by atoms with Gasteiger partial charge < -0.3 is 5.73 Å². The second-order valence-electron chi connectivity index (χ2n) is 4.27. The van der Waals surface area contributed by atoms with Gasteiger partial charge in [-0.2, -0.15) is 18.3 Å². The minimum atomic E-state index is -5.06. The van der Waals surface area contributed by atoms with Crippen molar-refractivity contribution in [2.24, 2.45) is 5.10 Å². The second-order valence-corrected chi connectivity index (χ2v) is 4.68. The molecule has 0 amide bonds. The molecule has 10 heteroatoms. The Balaban J connectivity index is 2.49. The highest BCUT2D eigenvalue weighted by molar-refractivity contribution is 6.33. The van der Waals surface area contributed by atoms with Gasteiger partial charge in [0.2, 0.25) is 5.95 Å². The number of aryl methyl sites for hydroxylation is 1. The highest BCUT2D eigenvalue weighted by atomic mass is 35.5. The summed E-state index contributed by atoms with van der Waals surface area (Å²) in [6, 6.07) is 0.295. The molecule has 0 aliphatic heterocycles. The van der Waals surface area contributed by atoms with Crippen molar-refractivity contribution in [3.8, 4) is 0 Å². The third-order valence-corrected chi connectivity index (χ3v) is 2.96. The van der Waals surface area contributed by atoms with Crippen molar-refractivity contribution in [1.29, 1.82) is 0 Å². The minimum absolute atomic E-state index is 0.0299. The number of anilines is 1. The molecule has 0 fully saturated rings. The van der Waals surface area contributed by atoms with E-state index >= 15 is 0 Å². The summed E-state index contributed by atoms with van der Waals surface area (Å²) in [5.74, 6) is -3.83. The molecule has 4 nitrogen and oxygen atoms in total. The SMILES string of the molecule is Cc1cn(N=Cc2c(Cl)cc(C(F)(F)F)c(F)c2F)c(N)n1. The lowest BCUT2D eigenvalue weighted by Gasteiger charge is -2.11. The average Bonchev–Trinajstić information content (AvgIpc) is 2.71. The Morgan fingerprint density at radius 1 is 1.32 bits per heavy atom. The Bertz CT molecular complexity index is 751. The number of nitrogens with two attached hydrogens (primary N) is 1. The topological polar surface area (TPSA) is 56.2 Å². The first-order valence-corrected chi connectivity index (χ1v) is 6.09. The first-order valence-electron chi connectivity index (χ1n) is 5.71. The monoisotopic (exact) mass is 338 g/mol. The van der Waals surface area contributed by atoms with Crippen molar-refractivity contribution in [2.75, 3.05) is 5.73 Å². The van der Waals surface area contributed by atoms with Crippen molar-refractivity contribution < 1.29 is 22.0 Å². The van der Waals surface area contributed by atoms with E-state index in [2.05, 4.69) is 10.1 Å². The van der Waals surface area contributed by atoms with Crippen LogP contribution in [0.15, 0.2) is 17.4 Å². The number of nitrogens with zero attached hydrogens (tertiary/aromatic N) is 3. The summed E-state index contributed by atoms with van der Waals surface area (Å²) in [5.41, 5.74) is 3.58. The molecule has 2 rings (SSSR count). The van der Waals surface area contributed by atoms with Crippen LogP contribution in [0.25, 0.3) is 0 Å². The molecule has 2 aromatic rings. The molecular weight excluding hydrogens is 331 g/mol. The predicted octanol–water partition coefficient (Wildman–Crippen LogP) is 3.61. The standard InChI is InChI=1S/C12H8ClF5N4/c1-5-4-22(11(19)21-5)20-3-6-8(13)2-7(12(16,17)18)10(15)9(6)14/h2-4H,1H3,(H2,19,21). The largest absolute Gasteiger partial charge is 0.419 e. The molecule has 1 aromatic heterocycles. The van der Waals surface area contributed by atoms with Gasteiger partial charge in [-0.15, -0.1) is 0 Å². The van der Waals surface area contributed by atoms with Crippen LogP contribution in [0.2, 0.25) is 5.02 Å². The van der Waals surface area contributed by atoms with E-state index in [0.717, 1.165) is 10.9 Å². The van der Waals surface area contributed by atoms with E-state index in [9.17, 15) is 22.0 Å². The number of hydrogen-bond acceptors (Lipinski definition) is 3. The van der Waals surface area contributed by atoms with Crippen molar-refractivity contribution in [3.63, 3.8) is 0 Å². The number of rotatable bonds is 2. The Morgan fingerprint density at radius 2 is 1.95 bits per heavy atom. The van der Waals surface area contributed by atoms with Crippen molar-refractivity contribution in [1.82, 2.24) is 9.66 Å². The summed E-state index contributed by atoms with van der Waals surface area (Å²) in [7, 11) is 0. The van der Waals surface area contributed by atoms with E-state index in [1.165, 1.54) is 6.20 Å². The maximum atomic E-state index is 13.8. The predicted molar refractivity (Wildman–Crippen MR) is 70.7 cm³/mol. The van der Waals surface area contributed by atoms with E-state index in [1.54, 1.807) is 6.92 Å². The fourth-order valence-electron chi connectivity index (χ4n) is 1.65. The van der Waals surface area contributed by atoms with E-state index in [-0.39, 0.29) is 5.95 Å². The molecule has 0 saturated heterocycles. The van der Waals surface area contributed by atoms with Crippen LogP contribution in [0, 0.1) is 18.6 Å². The molecule has 0 bridgehead atoms. The third-order valence-electron chi connectivity index (χ3n) is 2.65. The average molecular weight is 339 g/mol. The molecule has 0 unspecified atom stereocenters. The van der Waals surface area contributed by atoms with Gasteiger partial charge in [-0.1, -0.05) is 11.6 Å². The van der Waals surface area contributed by atoms with E-state index in [0.29, 0.717) is 11.8 Å². The van der Waals surface area contributed by atoms with Crippen molar-refractivity contribution in [2.45, 2.75) is 13.1 Å². The molecule has 0 spiro atoms. The molecule has 118 valence electrons. The quantitative estimate of drug-likeness (QED) is 0.516. The van der Waals surface area contributed by atoms with E-state index in [1.807, 2.05) is 0 Å². The Morgan fingerprint density at radius 3 is 2.45 bits per heavy atom. The molecule has 0 radical (unpaired) electrons. The van der Waals surface area contributed by atoms with Gasteiger partial charge in [-0.05, 0) is 13.0 Å². The Labute approximate surface area is 126 Å². The van der Waals surface area contributed by atoms with Gasteiger partial charge in [0.25, 0.3) is 0 Å². The van der Waals surface area contributed by atoms with Crippen LogP contribution < -0.4 is 5.73 Å². The smallest absolute Gasteiger partial charge is 0.368 e. The van der Waals surface area contributed by atoms with Crippen LogP contribution in [-0.4, -0.2) is 15.9 Å². The normalized spacial score (nSPS) is 12.3. The van der Waals surface area contributed by atoms with Crippen molar-refractivity contribution in [3.05, 3.63) is 45.7 Å². The van der Waals surface area contributed by atoms with Gasteiger partial charge in [0.05, 0.1) is 34.3 Å². The van der Waals surface area contributed by atoms with Crippen LogP contribution in [0.1, 0.15) is 16.8 Å². The van der Waals surface area contributed by atoms with Crippen LogP contribution in [-0.2, 0) is 6.18 Å². The summed E-state index contributed by atoms with van der Waals surface area (Å²) in [6.45, 7) is 1.62. The maximum absolute atomic E-state index is 13.8. The summed E-state index contributed by atoms with van der Waals surface area (Å²) >= 11 is 5.57. The minimum Gasteiger partial charge on any atom is -0.368 e. The second kappa shape index (κ2) is 5.56. The molecule has 0 saturated carbocycles. The van der Waals surface area contributed by atoms with Gasteiger partial charge in [-0.25, -0.2) is 18.4 Å². The molecule has 22 heavy (non-hydrogen) atoms. The fraction of sp³-hybridized carbons (Fsp3) is 0.167. The molecular formula is C12H8ClF5N4. The highest BCUT2D eigenvalue weighted by Crippen LogP contribution is 2.35. The van der Waals surface area contributed by atoms with Gasteiger partial charge in [0.1, 0.15) is 0 Å². The number of halogens is 6. The summed E-state index contributed by atoms with van der Waals surface area (Å²) in [6.07, 6.45) is -2.91. The summed E-state index contributed by atoms with van der Waals surface area (Å²) in [5, 5.41) is 3.05. The molecule has 0 atom stereocenters. The van der Waals surface area contributed by atoms with Crippen LogP contribution >= 0.6 is 11.6 Å². The zero-order valence-corrected chi connectivity index (χ0v) is 11.7. The van der Waals surface area contributed by atoms with Gasteiger partial charge in [-0.3, -0.25) is 0 Å². The first kappa shape index (κ1) is 16.2. The van der Waals surface area contributed by atoms with Crippen molar-refractivity contribution >= 4 is 23.8 Å². The van der Waals surface area contributed by atoms with Gasteiger partial charge in [0.15, 0.2) is 11.6 Å². The van der Waals surface area contributed by atoms with Crippen LogP contribution in [0.5, 0.6) is 0 Å². The van der Waals surface area contributed by atoms with Crippen LogP contribution in [0.4, 0.5) is 27.9 Å². The van der Waals surface area contributed by atoms with Crippen LogP contribution in [0.3, 0.4) is 0 Å². The molecule has 1 aromatic carbocycles. The summed E-state index contributed by atoms with van der Waals surface area (Å²) in [4.78, 5) is 3.81. The number of aromatic nitrogens is 2. The number of imidazole rings is 1. The number of benzene rings is 1. The molecule has 0 aliphatic rings. The lowest BCUT2D eigenvalue weighted by atomic mass is 10.1. The highest BCUT2D eigenvalue weighted by Gasteiger charge is 2.37. The van der Waals surface area contributed by atoms with Gasteiger partial charge >= 0.3 is 6.18 Å². The fourth-order valence-corrected chi connectivity index (χ4v) is 1.89. The number of hydrogen-bond donors (Lipinski definition) is 1. The summed E-state index contributed by atoms with van der Waals surface area (Å²) < 4.78 is 65.8. The first-order chi connectivity index (χ1) is 10.1. The van der Waals surface area contributed by atoms with E-state index < -0.39 is 34.0 Å². The Hall–Kier alpha value is -2.16. The lowest BCUT2D eigenvalue weighted by molar-refractivity contribution is -0.140. The molecule has 2 N–H and O–H groups in total.